The van der Waals surface area contributed by atoms with Crippen molar-refractivity contribution in [2.24, 2.45) is 5.18 Å². The predicted molar refractivity (Wildman–Crippen MR) is 245 cm³/mol. The third-order valence-electron chi connectivity index (χ3n) is 11.8. The van der Waals surface area contributed by atoms with Crippen LogP contribution >= 0.6 is 0 Å². The van der Waals surface area contributed by atoms with Crippen LogP contribution in [0.25, 0.3) is 0 Å². The van der Waals surface area contributed by atoms with E-state index in [9.17, 15) is 15.1 Å². The van der Waals surface area contributed by atoms with Crippen molar-refractivity contribution in [3.63, 3.8) is 0 Å². The fraction of sp³-hybridized carbons (Fsp3) is 0.547. The van der Waals surface area contributed by atoms with E-state index in [1.165, 1.54) is 44.5 Å². The molecule has 0 spiro atoms. The van der Waals surface area contributed by atoms with Gasteiger partial charge in [0.25, 0.3) is 0 Å². The van der Waals surface area contributed by atoms with Crippen LogP contribution in [-0.4, -0.2) is 10.2 Å². The lowest BCUT2D eigenvalue weighted by atomic mass is 9.76. The molecule has 0 atom stereocenters. The summed E-state index contributed by atoms with van der Waals surface area (Å²) in [6.07, 6.45) is 2.17. The minimum atomic E-state index is -0.263. The van der Waals surface area contributed by atoms with Gasteiger partial charge in [-0.25, -0.2) is 0 Å². The first-order valence-electron chi connectivity index (χ1n) is 21.0. The van der Waals surface area contributed by atoms with Crippen LogP contribution in [0.4, 0.5) is 5.69 Å². The Kier molecular flexibility index (Phi) is 12.3. The van der Waals surface area contributed by atoms with E-state index in [1.54, 1.807) is 0 Å². The minimum Gasteiger partial charge on any atom is -0.507 e. The highest BCUT2D eigenvalue weighted by atomic mass is 16.3. The van der Waals surface area contributed by atoms with E-state index in [-0.39, 0.29) is 32.5 Å². The summed E-state index contributed by atoms with van der Waals surface area (Å²) in [6.45, 7) is 43.5. The summed E-state index contributed by atoms with van der Waals surface area (Å²) in [5, 5.41) is 26.8. The number of aromatic hydroxyl groups is 2. The van der Waals surface area contributed by atoms with Crippen LogP contribution in [0.1, 0.15) is 203 Å². The van der Waals surface area contributed by atoms with Crippen molar-refractivity contribution in [1.29, 1.82) is 0 Å². The largest absolute Gasteiger partial charge is 0.507 e. The van der Waals surface area contributed by atoms with Crippen LogP contribution in [0.15, 0.2) is 47.6 Å². The number of phenolic OH excluding ortho intramolecular Hbond substituents is 2. The fourth-order valence-electron chi connectivity index (χ4n) is 8.29. The molecule has 0 radical (unpaired) electrons. The molecule has 4 aromatic rings. The Morgan fingerprint density at radius 2 is 0.649 bits per heavy atom. The molecular formula is C53H75NO3. The third kappa shape index (κ3) is 10.0. The monoisotopic (exact) mass is 774 g/mol. The second-order valence-electron chi connectivity index (χ2n) is 23.2. The van der Waals surface area contributed by atoms with Gasteiger partial charge in [-0.3, -0.25) is 0 Å². The molecule has 57 heavy (non-hydrogen) atoms. The van der Waals surface area contributed by atoms with Crippen molar-refractivity contribution in [1.82, 2.24) is 0 Å². The maximum Gasteiger partial charge on any atom is 0.123 e. The number of benzene rings is 4. The zero-order valence-corrected chi connectivity index (χ0v) is 39.4. The number of hydrogen-bond acceptors (Lipinski definition) is 4. The highest BCUT2D eigenvalue weighted by molar-refractivity contribution is 5.61. The first-order chi connectivity index (χ1) is 25.7. The van der Waals surface area contributed by atoms with Crippen LogP contribution < -0.4 is 0 Å². The summed E-state index contributed by atoms with van der Waals surface area (Å²) in [5.74, 6) is 0.797. The lowest BCUT2D eigenvalue weighted by molar-refractivity contribution is 0.422. The summed E-state index contributed by atoms with van der Waals surface area (Å²) in [7, 11) is 0. The van der Waals surface area contributed by atoms with Crippen molar-refractivity contribution in [2.45, 2.75) is 190 Å². The maximum absolute atomic E-state index is 12.4. The summed E-state index contributed by atoms with van der Waals surface area (Å²) < 4.78 is 0. The lowest BCUT2D eigenvalue weighted by Gasteiger charge is -2.29. The molecule has 0 aliphatic rings. The summed E-state index contributed by atoms with van der Waals surface area (Å²) >= 11 is 0. The van der Waals surface area contributed by atoms with Crippen LogP contribution in [0.5, 0.6) is 11.5 Å². The maximum atomic E-state index is 12.4. The molecule has 4 rings (SSSR count). The zero-order valence-electron chi connectivity index (χ0n) is 39.4. The van der Waals surface area contributed by atoms with Gasteiger partial charge in [-0.15, -0.1) is 4.91 Å². The molecule has 2 N–H and O–H groups in total. The molecule has 0 unspecified atom stereocenters. The van der Waals surface area contributed by atoms with Crippen molar-refractivity contribution in [3.8, 4) is 11.5 Å². The van der Waals surface area contributed by atoms with Gasteiger partial charge < -0.3 is 10.2 Å². The number of hydrogen-bond donors (Lipinski definition) is 2. The van der Waals surface area contributed by atoms with Gasteiger partial charge in [0.15, 0.2) is 0 Å². The Morgan fingerprint density at radius 1 is 0.404 bits per heavy atom. The van der Waals surface area contributed by atoms with Crippen molar-refractivity contribution < 1.29 is 10.2 Å². The molecule has 0 fully saturated rings. The van der Waals surface area contributed by atoms with Crippen LogP contribution in [0.3, 0.4) is 0 Å². The quantitative estimate of drug-likeness (QED) is 0.184. The Morgan fingerprint density at radius 3 is 0.895 bits per heavy atom. The average Bonchev–Trinajstić information content (AvgIpc) is 3.03. The van der Waals surface area contributed by atoms with Crippen LogP contribution in [0, 0.1) is 18.8 Å². The normalized spacial score (nSPS) is 13.3. The first-order valence-corrected chi connectivity index (χ1v) is 21.0. The van der Waals surface area contributed by atoms with Gasteiger partial charge in [0, 0.05) is 0 Å². The molecule has 4 heteroatoms. The van der Waals surface area contributed by atoms with E-state index >= 15 is 0 Å². The van der Waals surface area contributed by atoms with Crippen LogP contribution in [-0.2, 0) is 51.8 Å². The summed E-state index contributed by atoms with van der Waals surface area (Å²) in [6, 6.07) is 15.7. The minimum absolute atomic E-state index is 0.231. The molecule has 4 nitrogen and oxygen atoms in total. The molecule has 0 aliphatic carbocycles. The van der Waals surface area contributed by atoms with Gasteiger partial charge in [-0.2, -0.15) is 0 Å². The Hall–Kier alpha value is -3.92. The topological polar surface area (TPSA) is 69.9 Å². The van der Waals surface area contributed by atoms with E-state index in [1.807, 2.05) is 0 Å². The van der Waals surface area contributed by atoms with Crippen molar-refractivity contribution in [2.75, 3.05) is 0 Å². The van der Waals surface area contributed by atoms with E-state index in [0.29, 0.717) is 23.6 Å². The first kappa shape index (κ1) is 45.8. The fourth-order valence-corrected chi connectivity index (χ4v) is 8.29. The lowest BCUT2D eigenvalue weighted by Crippen LogP contribution is -2.18. The number of rotatable bonds is 7. The molecular weight excluding hydrogens is 699 g/mol. The third-order valence-corrected chi connectivity index (χ3v) is 11.8. The molecule has 0 amide bonds. The molecule has 0 aliphatic heterocycles. The highest BCUT2D eigenvalue weighted by Gasteiger charge is 2.31. The second kappa shape index (κ2) is 15.4. The smallest absolute Gasteiger partial charge is 0.123 e. The Balaban J connectivity index is 2.07. The molecule has 310 valence electrons. The van der Waals surface area contributed by atoms with E-state index in [0.717, 1.165) is 46.2 Å². The van der Waals surface area contributed by atoms with Gasteiger partial charge in [0.2, 0.25) is 0 Å². The number of nitrogens with zero attached hydrogens (tertiary/aromatic N) is 1. The predicted octanol–water partition coefficient (Wildman–Crippen LogP) is 14.7. The second-order valence-corrected chi connectivity index (χ2v) is 23.2. The number of phenols is 2. The van der Waals surface area contributed by atoms with E-state index in [4.69, 9.17) is 0 Å². The van der Waals surface area contributed by atoms with Crippen LogP contribution in [0.2, 0.25) is 0 Å². The molecule has 0 saturated carbocycles. The van der Waals surface area contributed by atoms with Gasteiger partial charge in [0.1, 0.15) is 17.2 Å². The van der Waals surface area contributed by atoms with Gasteiger partial charge in [0.05, 0.1) is 0 Å². The standard InChI is InChI=1S/C53H75NO3/c1-31-36(21-33-24-39(48(3,4)5)45(54-57)40(25-33)49(6,7)8)30-37(22-34-26-41(50(9,10)11)46(55)42(27-34)51(12,13)14)32(2)38(31)23-35-28-43(52(15,16)17)47(56)44(29-35)53(18,19)20/h24-30,55-56H,21-23H2,1-20H3. The Labute approximate surface area is 346 Å². The molecule has 0 aromatic heterocycles. The van der Waals surface area contributed by atoms with Gasteiger partial charge in [-0.1, -0.05) is 167 Å². The van der Waals surface area contributed by atoms with E-state index < -0.39 is 0 Å². The molecule has 4 aromatic carbocycles. The summed E-state index contributed by atoms with van der Waals surface area (Å²) in [5.41, 5.74) is 14.9. The highest BCUT2D eigenvalue weighted by Crippen LogP contribution is 2.44. The van der Waals surface area contributed by atoms with Gasteiger partial charge >= 0.3 is 0 Å². The van der Waals surface area contributed by atoms with E-state index in [2.05, 4.69) is 186 Å². The SMILES string of the molecule is Cc1c(Cc2cc(C(C)(C)C)c(O)c(C(C)(C)C)c2)cc(Cc2cc(C(C)(C)C)c(N=O)c(C(C)(C)C)c2)c(C)c1Cc1cc(C(C)(C)C)c(O)c(C(C)(C)C)c1. The van der Waals surface area contributed by atoms with Gasteiger partial charge in [-0.05, 0) is 149 Å². The average molecular weight is 774 g/mol. The number of nitroso groups, excluding NO2 is 1. The molecule has 0 heterocycles. The van der Waals surface area contributed by atoms with Crippen molar-refractivity contribution in [3.05, 3.63) is 125 Å². The molecule has 0 bridgehead atoms. The van der Waals surface area contributed by atoms with Crippen molar-refractivity contribution >= 4 is 5.69 Å². The molecule has 0 saturated heterocycles. The summed E-state index contributed by atoms with van der Waals surface area (Å²) in [4.78, 5) is 12.4. The zero-order chi connectivity index (χ0) is 43.6. The Bertz CT molecular complexity index is 2050.